The van der Waals surface area contributed by atoms with E-state index in [4.69, 9.17) is 16.7 Å². The number of allylic oxidation sites excluding steroid dienone is 2. The van der Waals surface area contributed by atoms with Crippen LogP contribution in [-0.4, -0.2) is 27.7 Å². The third-order valence-corrected chi connectivity index (χ3v) is 10.2. The second-order valence-electron chi connectivity index (χ2n) is 10.8. The van der Waals surface area contributed by atoms with Gasteiger partial charge in [0.2, 0.25) is 0 Å². The first kappa shape index (κ1) is 20.7. The van der Waals surface area contributed by atoms with Crippen LogP contribution in [0.2, 0.25) is 0 Å². The van der Waals surface area contributed by atoms with Gasteiger partial charge in [-0.25, -0.2) is 0 Å². The van der Waals surface area contributed by atoms with E-state index in [1.807, 2.05) is 0 Å². The Labute approximate surface area is 174 Å². The fourth-order valence-electron chi connectivity index (χ4n) is 7.97. The lowest BCUT2D eigenvalue weighted by Gasteiger charge is -2.58. The topological polar surface area (TPSA) is 57.5 Å². The summed E-state index contributed by atoms with van der Waals surface area (Å²) >= 11 is 7.16. The Balaban J connectivity index is 1.62. The van der Waals surface area contributed by atoms with Crippen LogP contribution in [0.15, 0.2) is 11.6 Å². The summed E-state index contributed by atoms with van der Waals surface area (Å²) in [5.74, 6) is 2.07. The third-order valence-electron chi connectivity index (χ3n) is 9.63. The standard InChI is InChI=1S/C24H37ClO3/c1-14(4-9-22(27)28)18-7-8-19-17-6-5-15-12-16(26)10-11-23(15,2)20(17)13-21(25)24(18,19)3/h13-19,21,26H,4-12H2,1-3H3,(H,27,28)/t14?,15?,16-,17?,18?,19+,21+,23+,24-/m1/s1. The molecule has 0 spiro atoms. The molecule has 9 atom stereocenters. The number of rotatable bonds is 4. The molecule has 0 aromatic heterocycles. The Morgan fingerprint density at radius 1 is 1.25 bits per heavy atom. The summed E-state index contributed by atoms with van der Waals surface area (Å²) in [4.78, 5) is 11.1. The minimum atomic E-state index is -0.689. The fraction of sp³-hybridized carbons (Fsp3) is 0.875. The summed E-state index contributed by atoms with van der Waals surface area (Å²) in [6.07, 6.45) is 11.2. The van der Waals surface area contributed by atoms with E-state index in [2.05, 4.69) is 26.8 Å². The number of hydrogen-bond acceptors (Lipinski definition) is 2. The van der Waals surface area contributed by atoms with Crippen LogP contribution in [0.25, 0.3) is 0 Å². The van der Waals surface area contributed by atoms with Crippen molar-refractivity contribution in [2.24, 2.45) is 40.4 Å². The molecule has 4 unspecified atom stereocenters. The first-order chi connectivity index (χ1) is 13.2. The van der Waals surface area contributed by atoms with E-state index >= 15 is 0 Å². The van der Waals surface area contributed by atoms with Gasteiger partial charge in [0.15, 0.2) is 0 Å². The third kappa shape index (κ3) is 3.07. The van der Waals surface area contributed by atoms with Crippen molar-refractivity contribution in [1.82, 2.24) is 0 Å². The van der Waals surface area contributed by atoms with Crippen LogP contribution in [0.4, 0.5) is 0 Å². The summed E-state index contributed by atoms with van der Waals surface area (Å²) < 4.78 is 0. The zero-order chi connectivity index (χ0) is 20.3. The lowest BCUT2D eigenvalue weighted by atomic mass is 9.48. The van der Waals surface area contributed by atoms with Gasteiger partial charge in [0.1, 0.15) is 0 Å². The van der Waals surface area contributed by atoms with Crippen molar-refractivity contribution in [1.29, 1.82) is 0 Å². The van der Waals surface area contributed by atoms with Crippen LogP contribution in [0, 0.1) is 40.4 Å². The maximum Gasteiger partial charge on any atom is 0.303 e. The number of halogens is 1. The number of carboxylic acid groups (broad SMARTS) is 1. The summed E-state index contributed by atoms with van der Waals surface area (Å²) in [6, 6.07) is 0. The Morgan fingerprint density at radius 2 is 2.00 bits per heavy atom. The molecule has 0 amide bonds. The van der Waals surface area contributed by atoms with E-state index in [0.717, 1.165) is 25.7 Å². The quantitative estimate of drug-likeness (QED) is 0.467. The normalized spacial score (nSPS) is 48.8. The molecule has 28 heavy (non-hydrogen) atoms. The van der Waals surface area contributed by atoms with Crippen LogP contribution >= 0.6 is 11.6 Å². The maximum absolute atomic E-state index is 11.1. The van der Waals surface area contributed by atoms with E-state index in [0.29, 0.717) is 29.6 Å². The molecule has 0 saturated heterocycles. The van der Waals surface area contributed by atoms with Gasteiger partial charge < -0.3 is 10.2 Å². The number of aliphatic carboxylic acids is 1. The van der Waals surface area contributed by atoms with Gasteiger partial charge in [-0.2, -0.15) is 0 Å². The van der Waals surface area contributed by atoms with E-state index < -0.39 is 5.97 Å². The van der Waals surface area contributed by atoms with Gasteiger partial charge >= 0.3 is 5.97 Å². The van der Waals surface area contributed by atoms with E-state index in [-0.39, 0.29) is 28.7 Å². The minimum absolute atomic E-state index is 0.0333. The number of carbonyl (C=O) groups is 1. The zero-order valence-corrected chi connectivity index (χ0v) is 18.4. The van der Waals surface area contributed by atoms with Crippen LogP contribution < -0.4 is 0 Å². The van der Waals surface area contributed by atoms with Crippen molar-refractivity contribution in [3.05, 3.63) is 11.6 Å². The highest BCUT2D eigenvalue weighted by molar-refractivity contribution is 6.22. The molecule has 2 N–H and O–H groups in total. The maximum atomic E-state index is 11.1. The van der Waals surface area contributed by atoms with E-state index in [1.165, 1.54) is 25.7 Å². The summed E-state index contributed by atoms with van der Waals surface area (Å²) in [5, 5.41) is 19.3. The molecule has 3 fully saturated rings. The van der Waals surface area contributed by atoms with Crippen molar-refractivity contribution in [2.45, 2.75) is 90.0 Å². The van der Waals surface area contributed by atoms with Gasteiger partial charge in [-0.05, 0) is 91.8 Å². The van der Waals surface area contributed by atoms with Crippen LogP contribution in [0.5, 0.6) is 0 Å². The molecule has 0 radical (unpaired) electrons. The molecule has 0 aromatic rings. The molecular formula is C24H37ClO3. The monoisotopic (exact) mass is 408 g/mol. The molecule has 4 aliphatic rings. The van der Waals surface area contributed by atoms with Crippen molar-refractivity contribution in [2.75, 3.05) is 0 Å². The largest absolute Gasteiger partial charge is 0.481 e. The fourth-order valence-corrected chi connectivity index (χ4v) is 8.43. The van der Waals surface area contributed by atoms with Gasteiger partial charge in [-0.3, -0.25) is 4.79 Å². The predicted octanol–water partition coefficient (Wildman–Crippen LogP) is 5.64. The molecule has 4 rings (SSSR count). The minimum Gasteiger partial charge on any atom is -0.481 e. The molecule has 4 aliphatic carbocycles. The molecule has 0 aromatic carbocycles. The number of aliphatic hydroxyl groups is 1. The van der Waals surface area contributed by atoms with Crippen molar-refractivity contribution in [3.63, 3.8) is 0 Å². The summed E-state index contributed by atoms with van der Waals surface area (Å²) in [6.45, 7) is 7.08. The van der Waals surface area contributed by atoms with Crippen molar-refractivity contribution in [3.8, 4) is 0 Å². The average Bonchev–Trinajstić information content (AvgIpc) is 3.00. The number of aliphatic hydroxyl groups excluding tert-OH is 1. The molecule has 3 nitrogen and oxygen atoms in total. The Morgan fingerprint density at radius 3 is 2.71 bits per heavy atom. The van der Waals surface area contributed by atoms with Gasteiger partial charge in [-0.15, -0.1) is 11.6 Å². The Hall–Kier alpha value is -0.540. The second kappa shape index (κ2) is 7.30. The molecule has 3 saturated carbocycles. The molecule has 0 bridgehead atoms. The highest BCUT2D eigenvalue weighted by atomic mass is 35.5. The van der Waals surface area contributed by atoms with E-state index in [9.17, 15) is 9.90 Å². The Bertz CT molecular complexity index is 660. The van der Waals surface area contributed by atoms with Gasteiger partial charge in [0, 0.05) is 6.42 Å². The highest BCUT2D eigenvalue weighted by Crippen LogP contribution is 2.67. The SMILES string of the molecule is CC(CCC(=O)O)C1CC[C@H]2C3CCC4C[C@H](O)CC[C@]4(C)C3=C[C@H](Cl)[C@]12C. The van der Waals surface area contributed by atoms with Crippen LogP contribution in [0.3, 0.4) is 0 Å². The molecular weight excluding hydrogens is 372 g/mol. The predicted molar refractivity (Wildman–Crippen MR) is 112 cm³/mol. The van der Waals surface area contributed by atoms with E-state index in [1.54, 1.807) is 5.57 Å². The molecule has 4 heteroatoms. The average molecular weight is 409 g/mol. The molecule has 158 valence electrons. The van der Waals surface area contributed by atoms with Gasteiger partial charge in [0.05, 0.1) is 11.5 Å². The molecule has 0 aliphatic heterocycles. The second-order valence-corrected chi connectivity index (χ2v) is 11.3. The molecule has 0 heterocycles. The number of alkyl halides is 1. The van der Waals surface area contributed by atoms with Crippen LogP contribution in [-0.2, 0) is 4.79 Å². The van der Waals surface area contributed by atoms with Gasteiger partial charge in [0.25, 0.3) is 0 Å². The van der Waals surface area contributed by atoms with Crippen LogP contribution in [0.1, 0.15) is 78.6 Å². The number of fused-ring (bicyclic) bond motifs is 5. The first-order valence-electron chi connectivity index (χ1n) is 11.4. The summed E-state index contributed by atoms with van der Waals surface area (Å²) in [7, 11) is 0. The smallest absolute Gasteiger partial charge is 0.303 e. The Kier molecular flexibility index (Phi) is 5.41. The van der Waals surface area contributed by atoms with Crippen molar-refractivity contribution >= 4 is 17.6 Å². The highest BCUT2D eigenvalue weighted by Gasteiger charge is 2.60. The zero-order valence-electron chi connectivity index (χ0n) is 17.7. The number of carboxylic acids is 1. The lowest BCUT2D eigenvalue weighted by molar-refractivity contribution is -0.137. The number of hydrogen-bond donors (Lipinski definition) is 2. The lowest BCUT2D eigenvalue weighted by Crippen LogP contribution is -2.52. The summed E-state index contributed by atoms with van der Waals surface area (Å²) in [5.41, 5.74) is 1.89. The van der Waals surface area contributed by atoms with Crippen molar-refractivity contribution < 1.29 is 15.0 Å². The van der Waals surface area contributed by atoms with Gasteiger partial charge in [-0.1, -0.05) is 32.4 Å². The first-order valence-corrected chi connectivity index (χ1v) is 11.9.